The number of hydrogen-bond acceptors (Lipinski definition) is 2. The van der Waals surface area contributed by atoms with Crippen LogP contribution in [-0.2, 0) is 11.3 Å². The summed E-state index contributed by atoms with van der Waals surface area (Å²) in [7, 11) is 0. The molecule has 2 atom stereocenters. The van der Waals surface area contributed by atoms with Crippen LogP contribution in [0, 0.1) is 11.3 Å². The molecule has 1 N–H and O–H groups in total. The van der Waals surface area contributed by atoms with Crippen LogP contribution in [0.25, 0.3) is 0 Å². The molecule has 0 aliphatic heterocycles. The smallest absolute Gasteiger partial charge is 0.307 e. The Morgan fingerprint density at radius 2 is 2.33 bits per heavy atom. The number of hydrogen-bond donors (Lipinski definition) is 1. The number of aromatic nitrogens is 2. The maximum Gasteiger partial charge on any atom is 0.307 e. The van der Waals surface area contributed by atoms with Crippen molar-refractivity contribution in [3.63, 3.8) is 0 Å². The van der Waals surface area contributed by atoms with Gasteiger partial charge in [-0.05, 0) is 37.7 Å². The van der Waals surface area contributed by atoms with Gasteiger partial charge in [0, 0.05) is 24.4 Å². The number of aliphatic carboxylic acids is 1. The van der Waals surface area contributed by atoms with Gasteiger partial charge in [0.25, 0.3) is 0 Å². The van der Waals surface area contributed by atoms with E-state index in [1.165, 1.54) is 0 Å². The zero-order valence-corrected chi connectivity index (χ0v) is 11.4. The van der Waals surface area contributed by atoms with Gasteiger partial charge < -0.3 is 5.11 Å². The largest absolute Gasteiger partial charge is 0.481 e. The number of rotatable bonds is 3. The minimum absolute atomic E-state index is 0.0914. The normalized spacial score (nSPS) is 27.1. The molecule has 0 aromatic carbocycles. The number of carboxylic acids is 1. The Balaban J connectivity index is 2.33. The van der Waals surface area contributed by atoms with Gasteiger partial charge in [-0.15, -0.1) is 0 Å². The van der Waals surface area contributed by atoms with Crippen molar-refractivity contribution in [1.29, 1.82) is 0 Å². The summed E-state index contributed by atoms with van der Waals surface area (Å²) in [5, 5.41) is 13.7. The third-order valence-electron chi connectivity index (χ3n) is 4.14. The molecule has 4 heteroatoms. The highest BCUT2D eigenvalue weighted by Crippen LogP contribution is 2.46. The monoisotopic (exact) mass is 250 g/mol. The molecular weight excluding hydrogens is 228 g/mol. The van der Waals surface area contributed by atoms with E-state index >= 15 is 0 Å². The first-order valence-electron chi connectivity index (χ1n) is 6.69. The van der Waals surface area contributed by atoms with Gasteiger partial charge in [-0.25, -0.2) is 0 Å². The first kappa shape index (κ1) is 13.1. The van der Waals surface area contributed by atoms with E-state index in [9.17, 15) is 9.90 Å². The van der Waals surface area contributed by atoms with E-state index in [1.807, 2.05) is 17.7 Å². The molecule has 1 aliphatic rings. The Labute approximate surface area is 108 Å². The van der Waals surface area contributed by atoms with Gasteiger partial charge in [-0.1, -0.05) is 13.8 Å². The highest BCUT2D eigenvalue weighted by molar-refractivity contribution is 5.71. The molecule has 4 nitrogen and oxygen atoms in total. The van der Waals surface area contributed by atoms with Crippen LogP contribution in [0.5, 0.6) is 0 Å². The van der Waals surface area contributed by atoms with E-state index in [0.717, 1.165) is 31.5 Å². The summed E-state index contributed by atoms with van der Waals surface area (Å²) in [6.07, 6.45) is 4.46. The third kappa shape index (κ3) is 2.42. The quantitative estimate of drug-likeness (QED) is 0.897. The summed E-state index contributed by atoms with van der Waals surface area (Å²) in [6.45, 7) is 7.29. The second kappa shape index (κ2) is 4.75. The maximum atomic E-state index is 11.4. The molecule has 1 heterocycles. The summed E-state index contributed by atoms with van der Waals surface area (Å²) < 4.78 is 1.93. The second-order valence-corrected chi connectivity index (χ2v) is 6.03. The van der Waals surface area contributed by atoms with Gasteiger partial charge in [0.1, 0.15) is 0 Å². The SMILES string of the molecule is CCn1nccc1C1CC(C)(C)CCC1C(=O)O. The van der Waals surface area contributed by atoms with Crippen LogP contribution in [-0.4, -0.2) is 20.9 Å². The van der Waals surface area contributed by atoms with Gasteiger partial charge in [-0.2, -0.15) is 5.10 Å². The van der Waals surface area contributed by atoms with Crippen LogP contribution < -0.4 is 0 Å². The molecule has 1 saturated carbocycles. The lowest BCUT2D eigenvalue weighted by atomic mass is 9.66. The zero-order valence-electron chi connectivity index (χ0n) is 11.4. The molecule has 2 rings (SSSR count). The van der Waals surface area contributed by atoms with E-state index in [-0.39, 0.29) is 17.3 Å². The summed E-state index contributed by atoms with van der Waals surface area (Å²) in [5.41, 5.74) is 1.30. The van der Waals surface area contributed by atoms with Gasteiger partial charge >= 0.3 is 5.97 Å². The number of aryl methyl sites for hydroxylation is 1. The Kier molecular flexibility index (Phi) is 3.46. The Hall–Kier alpha value is -1.32. The van der Waals surface area contributed by atoms with E-state index in [1.54, 1.807) is 6.20 Å². The van der Waals surface area contributed by atoms with E-state index in [0.29, 0.717) is 0 Å². The van der Waals surface area contributed by atoms with Crippen LogP contribution in [0.15, 0.2) is 12.3 Å². The van der Waals surface area contributed by atoms with Crippen molar-refractivity contribution in [3.05, 3.63) is 18.0 Å². The first-order chi connectivity index (χ1) is 8.44. The molecule has 0 saturated heterocycles. The molecule has 1 aliphatic carbocycles. The molecule has 1 aromatic rings. The van der Waals surface area contributed by atoms with Crippen LogP contribution >= 0.6 is 0 Å². The average molecular weight is 250 g/mol. The van der Waals surface area contributed by atoms with Crippen LogP contribution in [0.2, 0.25) is 0 Å². The predicted molar refractivity (Wildman–Crippen MR) is 69.4 cm³/mol. The summed E-state index contributed by atoms with van der Waals surface area (Å²) in [6, 6.07) is 1.98. The summed E-state index contributed by atoms with van der Waals surface area (Å²) in [4.78, 5) is 11.4. The van der Waals surface area contributed by atoms with Crippen molar-refractivity contribution in [2.24, 2.45) is 11.3 Å². The Bertz CT molecular complexity index is 437. The van der Waals surface area contributed by atoms with E-state index in [4.69, 9.17) is 0 Å². The van der Waals surface area contributed by atoms with Crippen molar-refractivity contribution < 1.29 is 9.90 Å². The number of carboxylic acid groups (broad SMARTS) is 1. The summed E-state index contributed by atoms with van der Waals surface area (Å²) in [5.74, 6) is -0.840. The molecule has 2 unspecified atom stereocenters. The van der Waals surface area contributed by atoms with Crippen LogP contribution in [0.1, 0.15) is 51.6 Å². The summed E-state index contributed by atoms with van der Waals surface area (Å²) >= 11 is 0. The molecule has 0 radical (unpaired) electrons. The Morgan fingerprint density at radius 3 is 2.94 bits per heavy atom. The fraction of sp³-hybridized carbons (Fsp3) is 0.714. The fourth-order valence-corrected chi connectivity index (χ4v) is 3.12. The third-order valence-corrected chi connectivity index (χ3v) is 4.14. The number of nitrogens with zero attached hydrogens (tertiary/aromatic N) is 2. The van der Waals surface area contributed by atoms with Gasteiger partial charge in [0.05, 0.1) is 5.92 Å². The standard InChI is InChI=1S/C14H22N2O2/c1-4-16-12(6-8-15-16)11-9-14(2,3)7-5-10(11)13(17)18/h6,8,10-11H,4-5,7,9H2,1-3H3,(H,17,18). The zero-order chi connectivity index (χ0) is 13.3. The maximum absolute atomic E-state index is 11.4. The molecule has 18 heavy (non-hydrogen) atoms. The molecule has 0 spiro atoms. The predicted octanol–water partition coefficient (Wildman–Crippen LogP) is 2.90. The molecule has 0 bridgehead atoms. The molecular formula is C14H22N2O2. The minimum Gasteiger partial charge on any atom is -0.481 e. The molecule has 0 amide bonds. The van der Waals surface area contributed by atoms with Crippen molar-refractivity contribution in [1.82, 2.24) is 9.78 Å². The highest BCUT2D eigenvalue weighted by Gasteiger charge is 2.40. The topological polar surface area (TPSA) is 55.1 Å². The van der Waals surface area contributed by atoms with Gasteiger partial charge in [0.2, 0.25) is 0 Å². The Morgan fingerprint density at radius 1 is 1.61 bits per heavy atom. The molecule has 1 aromatic heterocycles. The van der Waals surface area contributed by atoms with Gasteiger partial charge in [0.15, 0.2) is 0 Å². The molecule has 100 valence electrons. The van der Waals surface area contributed by atoms with Crippen LogP contribution in [0.4, 0.5) is 0 Å². The lowest BCUT2D eigenvalue weighted by Crippen LogP contribution is -2.34. The van der Waals surface area contributed by atoms with Crippen molar-refractivity contribution in [3.8, 4) is 0 Å². The van der Waals surface area contributed by atoms with Crippen molar-refractivity contribution in [2.75, 3.05) is 0 Å². The fourth-order valence-electron chi connectivity index (χ4n) is 3.12. The average Bonchev–Trinajstić information content (AvgIpc) is 2.75. The molecule has 1 fully saturated rings. The van der Waals surface area contributed by atoms with Crippen molar-refractivity contribution >= 4 is 5.97 Å². The lowest BCUT2D eigenvalue weighted by Gasteiger charge is -2.39. The number of carbonyl (C=O) groups is 1. The minimum atomic E-state index is -0.667. The van der Waals surface area contributed by atoms with E-state index in [2.05, 4.69) is 18.9 Å². The van der Waals surface area contributed by atoms with Gasteiger partial charge in [-0.3, -0.25) is 9.48 Å². The van der Waals surface area contributed by atoms with E-state index < -0.39 is 5.97 Å². The second-order valence-electron chi connectivity index (χ2n) is 6.03. The first-order valence-corrected chi connectivity index (χ1v) is 6.69. The van der Waals surface area contributed by atoms with Crippen LogP contribution in [0.3, 0.4) is 0 Å². The highest BCUT2D eigenvalue weighted by atomic mass is 16.4. The van der Waals surface area contributed by atoms with Crippen molar-refractivity contribution in [2.45, 2.75) is 52.5 Å². The lowest BCUT2D eigenvalue weighted by molar-refractivity contribution is -0.144.